The molecule has 0 fully saturated rings. The van der Waals surface area contributed by atoms with Gasteiger partial charge in [0, 0.05) is 7.05 Å². The molecule has 6 nitrogen and oxygen atoms in total. The molecule has 0 spiro atoms. The van der Waals surface area contributed by atoms with Crippen LogP contribution in [0.4, 0.5) is 4.39 Å². The third-order valence-corrected chi connectivity index (χ3v) is 3.36. The number of nitrogens with zero attached hydrogens (tertiary/aromatic N) is 1. The van der Waals surface area contributed by atoms with Crippen LogP contribution in [0, 0.1) is 5.82 Å². The molecular formula is C18H19FN2O4. The molecule has 0 aliphatic carbocycles. The lowest BCUT2D eigenvalue weighted by atomic mass is 10.2. The second-order valence-corrected chi connectivity index (χ2v) is 5.26. The van der Waals surface area contributed by atoms with Crippen LogP contribution < -0.4 is 15.2 Å². The monoisotopic (exact) mass is 346 g/mol. The first-order valence-electron chi connectivity index (χ1n) is 7.62. The Balaban J connectivity index is 1.95. The van der Waals surface area contributed by atoms with E-state index < -0.39 is 11.7 Å². The zero-order valence-corrected chi connectivity index (χ0v) is 13.8. The quantitative estimate of drug-likeness (QED) is 0.791. The fourth-order valence-electron chi connectivity index (χ4n) is 2.08. The highest BCUT2D eigenvalue weighted by Gasteiger charge is 2.17. The SMILES string of the molecule is CN(CCOc1ccccc1F)C(=O)c1ccccc1OCC(N)=O. The molecule has 132 valence electrons. The lowest BCUT2D eigenvalue weighted by Crippen LogP contribution is -2.31. The number of amides is 2. The smallest absolute Gasteiger partial charge is 0.257 e. The van der Waals surface area contributed by atoms with Gasteiger partial charge in [-0.05, 0) is 24.3 Å². The molecule has 2 aromatic rings. The minimum Gasteiger partial charge on any atom is -0.489 e. The Kier molecular flexibility index (Phi) is 6.33. The average Bonchev–Trinajstić information content (AvgIpc) is 2.61. The van der Waals surface area contributed by atoms with E-state index in [2.05, 4.69) is 0 Å². The first-order chi connectivity index (χ1) is 12.0. The van der Waals surface area contributed by atoms with Crippen LogP contribution in [0.1, 0.15) is 10.4 Å². The van der Waals surface area contributed by atoms with E-state index in [-0.39, 0.29) is 37.2 Å². The van der Waals surface area contributed by atoms with Gasteiger partial charge in [-0.25, -0.2) is 4.39 Å². The highest BCUT2D eigenvalue weighted by atomic mass is 19.1. The summed E-state index contributed by atoms with van der Waals surface area (Å²) >= 11 is 0. The topological polar surface area (TPSA) is 81.9 Å². The summed E-state index contributed by atoms with van der Waals surface area (Å²) in [5.74, 6) is -0.991. The van der Waals surface area contributed by atoms with Crippen molar-refractivity contribution in [2.75, 3.05) is 26.8 Å². The van der Waals surface area contributed by atoms with Gasteiger partial charge in [0.15, 0.2) is 18.2 Å². The Bertz CT molecular complexity index is 751. The first kappa shape index (κ1) is 18.3. The molecule has 2 amide bonds. The second-order valence-electron chi connectivity index (χ2n) is 5.26. The molecule has 2 rings (SSSR count). The number of rotatable bonds is 8. The van der Waals surface area contributed by atoms with E-state index in [1.807, 2.05) is 0 Å². The minimum atomic E-state index is -0.631. The van der Waals surface area contributed by atoms with Crippen molar-refractivity contribution < 1.29 is 23.5 Å². The molecule has 0 aliphatic rings. The van der Waals surface area contributed by atoms with Crippen molar-refractivity contribution in [3.63, 3.8) is 0 Å². The Labute approximate surface area is 144 Å². The van der Waals surface area contributed by atoms with E-state index in [4.69, 9.17) is 15.2 Å². The lowest BCUT2D eigenvalue weighted by Gasteiger charge is -2.19. The van der Waals surface area contributed by atoms with Crippen LogP contribution in [0.25, 0.3) is 0 Å². The Hall–Kier alpha value is -3.09. The number of likely N-dealkylation sites (N-methyl/N-ethyl adjacent to an activating group) is 1. The van der Waals surface area contributed by atoms with E-state index in [0.717, 1.165) is 0 Å². The summed E-state index contributed by atoms with van der Waals surface area (Å²) in [6.07, 6.45) is 0. The molecule has 2 aromatic carbocycles. The number of carbonyl (C=O) groups is 2. The maximum Gasteiger partial charge on any atom is 0.257 e. The summed E-state index contributed by atoms with van der Waals surface area (Å²) in [5.41, 5.74) is 5.36. The van der Waals surface area contributed by atoms with Crippen molar-refractivity contribution in [1.82, 2.24) is 4.90 Å². The zero-order chi connectivity index (χ0) is 18.2. The Morgan fingerprint density at radius 1 is 1.04 bits per heavy atom. The first-order valence-corrected chi connectivity index (χ1v) is 7.62. The van der Waals surface area contributed by atoms with Gasteiger partial charge in [0.05, 0.1) is 12.1 Å². The fraction of sp³-hybridized carbons (Fsp3) is 0.222. The molecule has 0 saturated carbocycles. The van der Waals surface area contributed by atoms with Crippen LogP contribution >= 0.6 is 0 Å². The molecule has 0 radical (unpaired) electrons. The molecular weight excluding hydrogens is 327 g/mol. The summed E-state index contributed by atoms with van der Waals surface area (Å²) in [7, 11) is 1.60. The van der Waals surface area contributed by atoms with Crippen LogP contribution in [0.15, 0.2) is 48.5 Å². The van der Waals surface area contributed by atoms with E-state index in [9.17, 15) is 14.0 Å². The van der Waals surface area contributed by atoms with Crippen LogP contribution in [0.2, 0.25) is 0 Å². The highest BCUT2D eigenvalue weighted by Crippen LogP contribution is 2.20. The largest absolute Gasteiger partial charge is 0.489 e. The van der Waals surface area contributed by atoms with Crippen molar-refractivity contribution in [3.8, 4) is 11.5 Å². The van der Waals surface area contributed by atoms with Crippen molar-refractivity contribution in [2.24, 2.45) is 5.73 Å². The molecule has 7 heteroatoms. The summed E-state index contributed by atoms with van der Waals surface area (Å²) < 4.78 is 24.1. The number of nitrogens with two attached hydrogens (primary N) is 1. The van der Waals surface area contributed by atoms with E-state index in [1.54, 1.807) is 43.4 Å². The Morgan fingerprint density at radius 3 is 2.36 bits per heavy atom. The number of halogens is 1. The van der Waals surface area contributed by atoms with Gasteiger partial charge in [-0.1, -0.05) is 24.3 Å². The van der Waals surface area contributed by atoms with Crippen LogP contribution in [0.3, 0.4) is 0 Å². The molecule has 0 saturated heterocycles. The molecule has 0 heterocycles. The van der Waals surface area contributed by atoms with Crippen molar-refractivity contribution in [3.05, 3.63) is 59.9 Å². The summed E-state index contributed by atoms with van der Waals surface area (Å²) in [5, 5.41) is 0. The minimum absolute atomic E-state index is 0.132. The number of carbonyl (C=O) groups excluding carboxylic acids is 2. The van der Waals surface area contributed by atoms with Crippen LogP contribution in [0.5, 0.6) is 11.5 Å². The van der Waals surface area contributed by atoms with Gasteiger partial charge < -0.3 is 20.1 Å². The normalized spacial score (nSPS) is 10.2. The third-order valence-electron chi connectivity index (χ3n) is 3.36. The number of benzene rings is 2. The molecule has 25 heavy (non-hydrogen) atoms. The standard InChI is InChI=1S/C18H19FN2O4/c1-21(10-11-24-16-9-5-3-7-14(16)19)18(23)13-6-2-4-8-15(13)25-12-17(20)22/h2-9H,10-12H2,1H3,(H2,20,22). The number of hydrogen-bond acceptors (Lipinski definition) is 4. The average molecular weight is 346 g/mol. The predicted molar refractivity (Wildman–Crippen MR) is 90.0 cm³/mol. The predicted octanol–water partition coefficient (Wildman–Crippen LogP) is 1.84. The van der Waals surface area contributed by atoms with Gasteiger partial charge in [0.25, 0.3) is 11.8 Å². The molecule has 2 N–H and O–H groups in total. The van der Waals surface area contributed by atoms with Gasteiger partial charge in [0.1, 0.15) is 12.4 Å². The number of hydrogen-bond donors (Lipinski definition) is 1. The second kappa shape index (κ2) is 8.68. The summed E-state index contributed by atoms with van der Waals surface area (Å²) in [4.78, 5) is 24.8. The van der Waals surface area contributed by atoms with Crippen molar-refractivity contribution in [1.29, 1.82) is 0 Å². The third kappa shape index (κ3) is 5.20. The summed E-state index contributed by atoms with van der Waals surface area (Å²) in [6.45, 7) is 0.0647. The summed E-state index contributed by atoms with van der Waals surface area (Å²) in [6, 6.07) is 12.6. The maximum atomic E-state index is 13.5. The Morgan fingerprint density at radius 2 is 1.68 bits per heavy atom. The molecule has 0 unspecified atom stereocenters. The lowest BCUT2D eigenvalue weighted by molar-refractivity contribution is -0.119. The van der Waals surface area contributed by atoms with Gasteiger partial charge in [-0.3, -0.25) is 9.59 Å². The fourth-order valence-corrected chi connectivity index (χ4v) is 2.08. The van der Waals surface area contributed by atoms with E-state index >= 15 is 0 Å². The van der Waals surface area contributed by atoms with Gasteiger partial charge in [-0.2, -0.15) is 0 Å². The molecule has 0 aliphatic heterocycles. The van der Waals surface area contributed by atoms with E-state index in [1.165, 1.54) is 17.0 Å². The van der Waals surface area contributed by atoms with Gasteiger partial charge in [0.2, 0.25) is 0 Å². The zero-order valence-electron chi connectivity index (χ0n) is 13.8. The number of para-hydroxylation sites is 2. The van der Waals surface area contributed by atoms with Gasteiger partial charge in [-0.15, -0.1) is 0 Å². The molecule has 0 aromatic heterocycles. The van der Waals surface area contributed by atoms with Crippen LogP contribution in [-0.2, 0) is 4.79 Å². The number of ether oxygens (including phenoxy) is 2. The van der Waals surface area contributed by atoms with Crippen molar-refractivity contribution >= 4 is 11.8 Å². The van der Waals surface area contributed by atoms with E-state index in [0.29, 0.717) is 5.56 Å². The van der Waals surface area contributed by atoms with Crippen LogP contribution in [-0.4, -0.2) is 43.5 Å². The number of primary amides is 1. The molecule has 0 bridgehead atoms. The maximum absolute atomic E-state index is 13.5. The molecule has 0 atom stereocenters. The highest BCUT2D eigenvalue weighted by molar-refractivity contribution is 5.96. The van der Waals surface area contributed by atoms with Gasteiger partial charge >= 0.3 is 0 Å². The van der Waals surface area contributed by atoms with Crippen molar-refractivity contribution in [2.45, 2.75) is 0 Å².